The van der Waals surface area contributed by atoms with Crippen LogP contribution in [0.25, 0.3) is 0 Å². The van der Waals surface area contributed by atoms with Crippen LogP contribution in [0.15, 0.2) is 11.6 Å². The van der Waals surface area contributed by atoms with Crippen molar-refractivity contribution < 1.29 is 4.79 Å². The van der Waals surface area contributed by atoms with Gasteiger partial charge in [-0.15, -0.1) is 0 Å². The fourth-order valence-electron chi connectivity index (χ4n) is 2.66. The van der Waals surface area contributed by atoms with Gasteiger partial charge in [-0.1, -0.05) is 34.8 Å². The van der Waals surface area contributed by atoms with Gasteiger partial charge < -0.3 is 11.1 Å². The second kappa shape index (κ2) is 6.01. The molecule has 2 unspecified atom stereocenters. The minimum Gasteiger partial charge on any atom is -0.352 e. The summed E-state index contributed by atoms with van der Waals surface area (Å²) in [5, 5.41) is 3.05. The number of hydrogen-bond acceptors (Lipinski definition) is 2. The molecule has 0 bridgehead atoms. The minimum absolute atomic E-state index is 0.0315. The zero-order chi connectivity index (χ0) is 12.3. The van der Waals surface area contributed by atoms with Crippen LogP contribution < -0.4 is 11.1 Å². The molecule has 0 aliphatic heterocycles. The summed E-state index contributed by atoms with van der Waals surface area (Å²) < 4.78 is 0. The number of amides is 1. The number of nitrogens with two attached hydrogens (primary N) is 1. The van der Waals surface area contributed by atoms with E-state index in [1.165, 1.54) is 25.7 Å². The molecule has 2 aliphatic carbocycles. The third-order valence-corrected chi connectivity index (χ3v) is 4.89. The maximum Gasteiger partial charge on any atom is 0.246 e. The van der Waals surface area contributed by atoms with E-state index in [2.05, 4.69) is 21.2 Å². The number of carbonyl (C=O) groups is 1. The number of rotatable bonds is 3. The molecule has 3 nitrogen and oxygen atoms in total. The smallest absolute Gasteiger partial charge is 0.246 e. The molecule has 0 radical (unpaired) electrons. The molecule has 0 aromatic heterocycles. The van der Waals surface area contributed by atoms with Gasteiger partial charge in [-0.25, -0.2) is 0 Å². The lowest BCUT2D eigenvalue weighted by Crippen LogP contribution is -2.36. The number of alkyl halides is 1. The van der Waals surface area contributed by atoms with Gasteiger partial charge in [0.05, 0.1) is 0 Å². The Morgan fingerprint density at radius 2 is 2.12 bits per heavy atom. The summed E-state index contributed by atoms with van der Waals surface area (Å²) in [6.07, 6.45) is 8.86. The summed E-state index contributed by atoms with van der Waals surface area (Å²) in [7, 11) is 0. The van der Waals surface area contributed by atoms with Crippen LogP contribution in [0.4, 0.5) is 0 Å². The average Bonchev–Trinajstić information content (AvgIpc) is 2.82. The first-order valence-electron chi connectivity index (χ1n) is 6.55. The maximum absolute atomic E-state index is 12.0. The van der Waals surface area contributed by atoms with Gasteiger partial charge in [0, 0.05) is 23.0 Å². The van der Waals surface area contributed by atoms with Crippen LogP contribution in [0.2, 0.25) is 0 Å². The fourth-order valence-corrected chi connectivity index (χ4v) is 3.04. The second-order valence-electron chi connectivity index (χ2n) is 5.18. The molecule has 2 aliphatic rings. The summed E-state index contributed by atoms with van der Waals surface area (Å²) in [4.78, 5) is 12.3. The van der Waals surface area contributed by atoms with Crippen molar-refractivity contribution in [2.45, 2.75) is 49.4 Å². The summed E-state index contributed by atoms with van der Waals surface area (Å²) in [5.74, 6) is 0.785. The monoisotopic (exact) mass is 300 g/mol. The Morgan fingerprint density at radius 3 is 2.76 bits per heavy atom. The normalized spacial score (nSPS) is 30.1. The standard InChI is InChI=1S/C13H21BrN2O/c14-11-6-5-10(7-12(11)15)13(17)16-8-9-3-1-2-4-9/h7,9,11-12H,1-6,8,15H2,(H,16,17). The maximum atomic E-state index is 12.0. The average molecular weight is 301 g/mol. The van der Waals surface area contributed by atoms with Crippen LogP contribution >= 0.6 is 15.9 Å². The van der Waals surface area contributed by atoms with E-state index in [0.29, 0.717) is 10.7 Å². The number of nitrogens with one attached hydrogen (secondary N) is 1. The van der Waals surface area contributed by atoms with Gasteiger partial charge in [-0.3, -0.25) is 4.79 Å². The Kier molecular flexibility index (Phi) is 4.62. The molecule has 2 atom stereocenters. The van der Waals surface area contributed by atoms with Crippen molar-refractivity contribution in [1.82, 2.24) is 5.32 Å². The van der Waals surface area contributed by atoms with Crippen molar-refractivity contribution >= 4 is 21.8 Å². The predicted octanol–water partition coefficient (Wildman–Crippen LogP) is 2.10. The Bertz CT molecular complexity index is 311. The lowest BCUT2D eigenvalue weighted by Gasteiger charge is -2.23. The van der Waals surface area contributed by atoms with Crippen LogP contribution in [0, 0.1) is 5.92 Å². The minimum atomic E-state index is -0.0315. The highest BCUT2D eigenvalue weighted by Crippen LogP contribution is 2.25. The van der Waals surface area contributed by atoms with E-state index in [1.807, 2.05) is 6.08 Å². The zero-order valence-electron chi connectivity index (χ0n) is 10.1. The molecule has 17 heavy (non-hydrogen) atoms. The third-order valence-electron chi connectivity index (χ3n) is 3.82. The van der Waals surface area contributed by atoms with Crippen LogP contribution in [-0.2, 0) is 4.79 Å². The Hall–Kier alpha value is -0.350. The van der Waals surface area contributed by atoms with Crippen molar-refractivity contribution in [2.24, 2.45) is 11.7 Å². The van der Waals surface area contributed by atoms with E-state index in [0.717, 1.165) is 25.0 Å². The molecule has 3 N–H and O–H groups in total. The van der Waals surface area contributed by atoms with Gasteiger partial charge >= 0.3 is 0 Å². The van der Waals surface area contributed by atoms with Gasteiger partial charge in [0.1, 0.15) is 0 Å². The van der Waals surface area contributed by atoms with E-state index in [9.17, 15) is 4.79 Å². The zero-order valence-corrected chi connectivity index (χ0v) is 11.7. The molecular formula is C13H21BrN2O. The molecule has 2 rings (SSSR count). The highest BCUT2D eigenvalue weighted by molar-refractivity contribution is 9.09. The summed E-state index contributed by atoms with van der Waals surface area (Å²) >= 11 is 3.52. The third kappa shape index (κ3) is 3.55. The van der Waals surface area contributed by atoms with Gasteiger partial charge in [0.2, 0.25) is 5.91 Å². The van der Waals surface area contributed by atoms with Crippen LogP contribution in [-0.4, -0.2) is 23.3 Å². The summed E-state index contributed by atoms with van der Waals surface area (Å²) in [6, 6.07) is -0.0315. The molecule has 96 valence electrons. The van der Waals surface area contributed by atoms with Gasteiger partial charge in [-0.05, 0) is 31.6 Å². The highest BCUT2D eigenvalue weighted by atomic mass is 79.9. The van der Waals surface area contributed by atoms with Crippen molar-refractivity contribution in [3.05, 3.63) is 11.6 Å². The van der Waals surface area contributed by atoms with Crippen LogP contribution in [0.1, 0.15) is 38.5 Å². The SMILES string of the molecule is NC1C=C(C(=O)NCC2CCCC2)CCC1Br. The van der Waals surface area contributed by atoms with E-state index >= 15 is 0 Å². The van der Waals surface area contributed by atoms with E-state index in [-0.39, 0.29) is 11.9 Å². The van der Waals surface area contributed by atoms with Gasteiger partial charge in [-0.2, -0.15) is 0 Å². The lowest BCUT2D eigenvalue weighted by atomic mass is 9.95. The number of carbonyl (C=O) groups excluding carboxylic acids is 1. The molecule has 1 amide bonds. The van der Waals surface area contributed by atoms with E-state index in [1.54, 1.807) is 0 Å². The first kappa shape index (κ1) is 13.1. The number of halogens is 1. The van der Waals surface area contributed by atoms with E-state index < -0.39 is 0 Å². The molecule has 0 aromatic carbocycles. The highest BCUT2D eigenvalue weighted by Gasteiger charge is 2.23. The first-order chi connectivity index (χ1) is 8.16. The van der Waals surface area contributed by atoms with Crippen LogP contribution in [0.3, 0.4) is 0 Å². The molecule has 0 spiro atoms. The van der Waals surface area contributed by atoms with Gasteiger partial charge in [0.25, 0.3) is 0 Å². The Balaban J connectivity index is 1.81. The Labute approximate surface area is 111 Å². The molecule has 1 fully saturated rings. The van der Waals surface area contributed by atoms with Crippen LogP contribution in [0.5, 0.6) is 0 Å². The second-order valence-corrected chi connectivity index (χ2v) is 6.36. The first-order valence-corrected chi connectivity index (χ1v) is 7.47. The lowest BCUT2D eigenvalue weighted by molar-refractivity contribution is -0.117. The topological polar surface area (TPSA) is 55.1 Å². The molecule has 1 saturated carbocycles. The van der Waals surface area contributed by atoms with Crippen molar-refractivity contribution in [3.8, 4) is 0 Å². The van der Waals surface area contributed by atoms with Crippen molar-refractivity contribution in [1.29, 1.82) is 0 Å². The molecule has 4 heteroatoms. The van der Waals surface area contributed by atoms with Crippen molar-refractivity contribution in [3.63, 3.8) is 0 Å². The molecular weight excluding hydrogens is 280 g/mol. The Morgan fingerprint density at radius 1 is 1.41 bits per heavy atom. The van der Waals surface area contributed by atoms with Crippen molar-refractivity contribution in [2.75, 3.05) is 6.54 Å². The predicted molar refractivity (Wildman–Crippen MR) is 73.0 cm³/mol. The molecule has 0 saturated heterocycles. The van der Waals surface area contributed by atoms with E-state index in [4.69, 9.17) is 5.73 Å². The summed E-state index contributed by atoms with van der Waals surface area (Å²) in [5.41, 5.74) is 6.79. The quantitative estimate of drug-likeness (QED) is 0.784. The molecule has 0 heterocycles. The fraction of sp³-hybridized carbons (Fsp3) is 0.769. The molecule has 0 aromatic rings. The van der Waals surface area contributed by atoms with Gasteiger partial charge in [0.15, 0.2) is 0 Å². The number of hydrogen-bond donors (Lipinski definition) is 2. The largest absolute Gasteiger partial charge is 0.352 e. The summed E-state index contributed by atoms with van der Waals surface area (Å²) in [6.45, 7) is 0.836.